The van der Waals surface area contributed by atoms with E-state index in [9.17, 15) is 24.3 Å². The van der Waals surface area contributed by atoms with Crippen LogP contribution in [0, 0.1) is 12.3 Å². The molecule has 0 spiro atoms. The van der Waals surface area contributed by atoms with Crippen LogP contribution in [0.15, 0.2) is 115 Å². The minimum absolute atomic E-state index is 0.0116. The number of carbonyl (C=O) groups is 4. The zero-order valence-corrected chi connectivity index (χ0v) is 44.5. The van der Waals surface area contributed by atoms with Crippen molar-refractivity contribution in [2.45, 2.75) is 84.7 Å². The van der Waals surface area contributed by atoms with Crippen LogP contribution in [-0.2, 0) is 46.4 Å². The molecule has 7 rings (SSSR count). The van der Waals surface area contributed by atoms with Crippen LogP contribution in [0.4, 0.5) is 11.4 Å². The van der Waals surface area contributed by atoms with Gasteiger partial charge in [0.15, 0.2) is 0 Å². The Morgan fingerprint density at radius 3 is 2.29 bits per heavy atom. The van der Waals surface area contributed by atoms with Gasteiger partial charge in [0.2, 0.25) is 23.6 Å². The third kappa shape index (κ3) is 16.4. The maximum absolute atomic E-state index is 14.1. The van der Waals surface area contributed by atoms with Gasteiger partial charge in [0.1, 0.15) is 12.1 Å². The largest absolute Gasteiger partial charge is 0.397 e. The van der Waals surface area contributed by atoms with Gasteiger partial charge in [-0.05, 0) is 77.8 Å². The molecular formula is C58H72N8O8S. The van der Waals surface area contributed by atoms with Gasteiger partial charge in [0.05, 0.1) is 79.2 Å². The molecule has 4 aromatic carbocycles. The third-order valence-corrected chi connectivity index (χ3v) is 14.2. The van der Waals surface area contributed by atoms with E-state index in [0.717, 1.165) is 57.9 Å². The number of rotatable bonds is 26. The van der Waals surface area contributed by atoms with Crippen molar-refractivity contribution < 1.29 is 38.5 Å². The Morgan fingerprint density at radius 1 is 0.893 bits per heavy atom. The van der Waals surface area contributed by atoms with Crippen molar-refractivity contribution in [1.29, 1.82) is 0 Å². The maximum atomic E-state index is 14.1. The SMILES string of the molecule is Cc1ncsc1-c1ccc([C@H](C)NC(=O)[C@@H]2C[C@@H](O)CN2C(=O)[C@@H](NC(=O)CCOCCOCCOCCN(CCc2c[nH]c3ccccc23)Cc2ccc(/C=C/C(=O)Nc3ccccc3N)cc2)C(C)(C)C)cc1. The maximum Gasteiger partial charge on any atom is 0.248 e. The van der Waals surface area contributed by atoms with E-state index in [1.807, 2.05) is 94.7 Å². The normalized spacial score (nSPS) is 15.6. The summed E-state index contributed by atoms with van der Waals surface area (Å²) in [5.41, 5.74) is 15.5. The van der Waals surface area contributed by atoms with E-state index >= 15 is 0 Å². The second kappa shape index (κ2) is 27.2. The molecule has 398 valence electrons. The average molecular weight is 1040 g/mol. The Labute approximate surface area is 444 Å². The van der Waals surface area contributed by atoms with Crippen LogP contribution in [0.3, 0.4) is 0 Å². The van der Waals surface area contributed by atoms with Gasteiger partial charge in [0.25, 0.3) is 0 Å². The fourth-order valence-electron chi connectivity index (χ4n) is 8.99. The molecule has 4 atom stereocenters. The molecular weight excluding hydrogens is 969 g/mol. The number of amides is 4. The quantitative estimate of drug-likeness (QED) is 0.0176. The zero-order valence-electron chi connectivity index (χ0n) is 43.7. The predicted molar refractivity (Wildman–Crippen MR) is 296 cm³/mol. The molecule has 75 heavy (non-hydrogen) atoms. The molecule has 7 N–H and O–H groups in total. The lowest BCUT2D eigenvalue weighted by Gasteiger charge is -2.35. The molecule has 2 aromatic heterocycles. The standard InChI is InChI=1S/C58H72N8O8S/c1-39(43-19-21-44(22-20-43)54-40(2)61-38-75-54)62-56(70)51-34-46(67)37-66(51)57(71)55(58(3,4)5)64-53(69)25-28-72-30-32-74-33-31-73-29-27-65(26-24-45-35-60-49-12-8-6-10-47(45)49)36-42-16-14-41(15-17-42)18-23-52(68)63-50-13-9-7-11-48(50)59/h6-23,35,38-39,46,51,55,60,67H,24-34,36-37,59H2,1-5H3,(H,62,70)(H,63,68)(H,64,69)/b23-18+/t39-,46+,51-,55+/m0/s1. The number of aromatic nitrogens is 2. The third-order valence-electron chi connectivity index (χ3n) is 13.2. The highest BCUT2D eigenvalue weighted by atomic mass is 32.1. The van der Waals surface area contributed by atoms with Gasteiger partial charge in [-0.25, -0.2) is 4.98 Å². The van der Waals surface area contributed by atoms with Gasteiger partial charge in [-0.1, -0.05) is 99.6 Å². The van der Waals surface area contributed by atoms with Crippen molar-refractivity contribution in [3.05, 3.63) is 143 Å². The molecule has 17 heteroatoms. The number of nitrogen functional groups attached to an aromatic ring is 1. The molecule has 0 saturated carbocycles. The highest BCUT2D eigenvalue weighted by molar-refractivity contribution is 7.13. The average Bonchev–Trinajstić information content (AvgIpc) is 4.14. The Balaban J connectivity index is 0.801. The van der Waals surface area contributed by atoms with Crippen molar-refractivity contribution >= 4 is 63.3 Å². The number of likely N-dealkylation sites (tertiary alicyclic amines) is 1. The Kier molecular flexibility index (Phi) is 20.3. The fraction of sp³-hybridized carbons (Fsp3) is 0.397. The van der Waals surface area contributed by atoms with Gasteiger partial charge in [-0.15, -0.1) is 11.3 Å². The minimum Gasteiger partial charge on any atom is -0.397 e. The molecule has 0 radical (unpaired) electrons. The number of para-hydroxylation sites is 3. The number of β-amino-alcohol motifs (C(OH)–C–C–N with tert-alkyl or cyclic N) is 1. The highest BCUT2D eigenvalue weighted by Crippen LogP contribution is 2.30. The molecule has 1 aliphatic rings. The molecule has 0 bridgehead atoms. The molecule has 1 aliphatic heterocycles. The van der Waals surface area contributed by atoms with Crippen LogP contribution < -0.4 is 21.7 Å². The van der Waals surface area contributed by atoms with Gasteiger partial charge < -0.3 is 50.9 Å². The number of nitrogens with one attached hydrogen (secondary N) is 4. The fourth-order valence-corrected chi connectivity index (χ4v) is 9.80. The number of thiazole rings is 1. The van der Waals surface area contributed by atoms with Crippen LogP contribution in [0.1, 0.15) is 74.5 Å². The van der Waals surface area contributed by atoms with E-state index in [-0.39, 0.29) is 56.4 Å². The van der Waals surface area contributed by atoms with Crippen LogP contribution in [0.25, 0.3) is 27.4 Å². The number of ether oxygens (including phenoxy) is 3. The van der Waals surface area contributed by atoms with E-state index in [0.29, 0.717) is 44.3 Å². The molecule has 6 aromatic rings. The molecule has 0 unspecified atom stereocenters. The number of H-pyrrole nitrogens is 1. The summed E-state index contributed by atoms with van der Waals surface area (Å²) in [5, 5.41) is 20.6. The van der Waals surface area contributed by atoms with Crippen LogP contribution in [0.2, 0.25) is 0 Å². The van der Waals surface area contributed by atoms with Gasteiger partial charge in [-0.3, -0.25) is 24.1 Å². The summed E-state index contributed by atoms with van der Waals surface area (Å²) in [6.45, 7) is 13.7. The van der Waals surface area contributed by atoms with E-state index in [1.165, 1.54) is 21.9 Å². The van der Waals surface area contributed by atoms with E-state index in [4.69, 9.17) is 19.9 Å². The number of benzene rings is 4. The Morgan fingerprint density at radius 2 is 1.59 bits per heavy atom. The number of hydrogen-bond acceptors (Lipinski definition) is 12. The van der Waals surface area contributed by atoms with Crippen LogP contribution in [0.5, 0.6) is 0 Å². The lowest BCUT2D eigenvalue weighted by molar-refractivity contribution is -0.144. The first-order valence-electron chi connectivity index (χ1n) is 25.6. The number of nitrogens with zero attached hydrogens (tertiary/aromatic N) is 3. The number of aromatic amines is 1. The molecule has 0 aliphatic carbocycles. The van der Waals surface area contributed by atoms with Crippen molar-refractivity contribution in [3.8, 4) is 10.4 Å². The van der Waals surface area contributed by atoms with Crippen molar-refractivity contribution in [2.24, 2.45) is 5.41 Å². The molecule has 3 heterocycles. The number of nitrogens with two attached hydrogens (primary N) is 1. The van der Waals surface area contributed by atoms with Crippen molar-refractivity contribution in [2.75, 3.05) is 70.3 Å². The first-order chi connectivity index (χ1) is 36.1. The van der Waals surface area contributed by atoms with E-state index < -0.39 is 29.5 Å². The topological polar surface area (TPSA) is 213 Å². The molecule has 1 saturated heterocycles. The van der Waals surface area contributed by atoms with Gasteiger partial charge in [-0.2, -0.15) is 0 Å². The van der Waals surface area contributed by atoms with Crippen LogP contribution >= 0.6 is 11.3 Å². The van der Waals surface area contributed by atoms with Crippen molar-refractivity contribution in [3.63, 3.8) is 0 Å². The van der Waals surface area contributed by atoms with Crippen LogP contribution in [-0.4, -0.2) is 126 Å². The lowest BCUT2D eigenvalue weighted by atomic mass is 9.85. The summed E-state index contributed by atoms with van der Waals surface area (Å²) in [6.07, 6.45) is 5.47. The summed E-state index contributed by atoms with van der Waals surface area (Å²) in [7, 11) is 0. The first-order valence-corrected chi connectivity index (χ1v) is 26.5. The monoisotopic (exact) mass is 1040 g/mol. The minimum atomic E-state index is -0.940. The number of aliphatic hydroxyl groups excluding tert-OH is 1. The summed E-state index contributed by atoms with van der Waals surface area (Å²) in [5.74, 6) is -1.40. The predicted octanol–water partition coefficient (Wildman–Crippen LogP) is 7.69. The number of carbonyl (C=O) groups excluding carboxylic acids is 4. The van der Waals surface area contributed by atoms with E-state index in [2.05, 4.69) is 67.3 Å². The summed E-state index contributed by atoms with van der Waals surface area (Å²) in [4.78, 5) is 66.1. The first kappa shape index (κ1) is 56.0. The van der Waals surface area contributed by atoms with E-state index in [1.54, 1.807) is 29.5 Å². The van der Waals surface area contributed by atoms with Crippen molar-refractivity contribution in [1.82, 2.24) is 30.4 Å². The second-order valence-corrected chi connectivity index (χ2v) is 20.9. The summed E-state index contributed by atoms with van der Waals surface area (Å²) < 4.78 is 17.5. The molecule has 4 amide bonds. The number of hydrogen-bond donors (Lipinski definition) is 6. The molecule has 16 nitrogen and oxygen atoms in total. The highest BCUT2D eigenvalue weighted by Gasteiger charge is 2.44. The lowest BCUT2D eigenvalue weighted by Crippen LogP contribution is -2.58. The van der Waals surface area contributed by atoms with Gasteiger partial charge in [0, 0.05) is 62.2 Å². The number of anilines is 2. The number of fused-ring (bicyclic) bond motifs is 1. The Hall–Kier alpha value is -6.73. The molecule has 1 fully saturated rings. The zero-order chi connectivity index (χ0) is 53.3. The number of aliphatic hydroxyl groups is 1. The summed E-state index contributed by atoms with van der Waals surface area (Å²) in [6, 6.07) is 29.4. The smallest absolute Gasteiger partial charge is 0.248 e. The second-order valence-electron chi connectivity index (χ2n) is 20.0. The number of aryl methyl sites for hydroxylation is 1. The Bertz CT molecular complexity index is 2840. The van der Waals surface area contributed by atoms with Gasteiger partial charge >= 0.3 is 0 Å². The summed E-state index contributed by atoms with van der Waals surface area (Å²) >= 11 is 1.58.